The zero-order valence-corrected chi connectivity index (χ0v) is 17.9. The summed E-state index contributed by atoms with van der Waals surface area (Å²) in [7, 11) is 0. The van der Waals surface area contributed by atoms with Crippen LogP contribution in [0, 0.1) is 0 Å². The molecule has 12 heteroatoms. The van der Waals surface area contributed by atoms with Crippen LogP contribution in [-0.4, -0.2) is 50.5 Å². The average Bonchev–Trinajstić information content (AvgIpc) is 3.20. The molecule has 0 atom stereocenters. The third-order valence-corrected chi connectivity index (χ3v) is 5.41. The summed E-state index contributed by atoms with van der Waals surface area (Å²) in [6, 6.07) is 10.1. The van der Waals surface area contributed by atoms with E-state index >= 15 is 0 Å². The number of nitrogens with zero attached hydrogens (tertiary/aromatic N) is 7. The molecule has 1 aliphatic rings. The van der Waals surface area contributed by atoms with Gasteiger partial charge in [-0.3, -0.25) is 4.98 Å². The van der Waals surface area contributed by atoms with Crippen LogP contribution in [-0.2, 0) is 6.54 Å². The smallest absolute Gasteiger partial charge is 0.326 e. The number of imidazole rings is 1. The van der Waals surface area contributed by atoms with E-state index in [0.717, 1.165) is 24.1 Å². The number of nitrogens with one attached hydrogen (secondary N) is 3. The maximum absolute atomic E-state index is 11.5. The van der Waals surface area contributed by atoms with Gasteiger partial charge in [-0.15, -0.1) is 0 Å². The third kappa shape index (κ3) is 3.92. The van der Waals surface area contributed by atoms with E-state index in [9.17, 15) is 9.90 Å². The Hall–Kier alpha value is -4.74. The monoisotopic (exact) mass is 456 g/mol. The predicted octanol–water partition coefficient (Wildman–Crippen LogP) is 0.255. The van der Waals surface area contributed by atoms with Gasteiger partial charge in [0.05, 0.1) is 17.9 Å². The summed E-state index contributed by atoms with van der Waals surface area (Å²) in [6.45, 7) is 0.511. The largest absolute Gasteiger partial charge is 0.493 e. The number of fused-ring (bicyclic) bond motifs is 1. The number of aromatic nitrogens is 8. The van der Waals surface area contributed by atoms with Crippen molar-refractivity contribution in [3.05, 3.63) is 81.5 Å². The SMILES string of the molecule is O=c1[nH]c(O)c(C=c2cnn3c(=NC4CC4)nc(NCc4ccc(-n5cccn5)cc4)nc23)[nH]1. The van der Waals surface area contributed by atoms with Gasteiger partial charge in [0, 0.05) is 24.2 Å². The number of hydrogen-bond acceptors (Lipinski definition) is 8. The zero-order valence-electron chi connectivity index (χ0n) is 17.9. The number of H-pyrrole nitrogens is 2. The van der Waals surface area contributed by atoms with Crippen molar-refractivity contribution in [1.82, 2.24) is 39.3 Å². The Morgan fingerprint density at radius 2 is 2.03 bits per heavy atom. The lowest BCUT2D eigenvalue weighted by molar-refractivity contribution is 0.454. The molecule has 170 valence electrons. The average molecular weight is 456 g/mol. The molecule has 0 saturated heterocycles. The molecule has 4 aromatic heterocycles. The highest BCUT2D eigenvalue weighted by Gasteiger charge is 2.21. The summed E-state index contributed by atoms with van der Waals surface area (Å²) >= 11 is 0. The summed E-state index contributed by atoms with van der Waals surface area (Å²) in [5, 5.41) is 22.4. The number of hydrogen-bond donors (Lipinski definition) is 4. The molecule has 0 radical (unpaired) electrons. The van der Waals surface area contributed by atoms with Crippen molar-refractivity contribution >= 4 is 17.7 Å². The summed E-state index contributed by atoms with van der Waals surface area (Å²) < 4.78 is 3.36. The van der Waals surface area contributed by atoms with Gasteiger partial charge < -0.3 is 15.4 Å². The summed E-state index contributed by atoms with van der Waals surface area (Å²) in [5.41, 5.74) is 2.73. The van der Waals surface area contributed by atoms with Crippen LogP contribution >= 0.6 is 0 Å². The highest BCUT2D eigenvalue weighted by atomic mass is 16.3. The zero-order chi connectivity index (χ0) is 23.1. The van der Waals surface area contributed by atoms with E-state index in [1.54, 1.807) is 27.7 Å². The second-order valence-electron chi connectivity index (χ2n) is 8.00. The van der Waals surface area contributed by atoms with Crippen LogP contribution in [0.3, 0.4) is 0 Å². The molecule has 0 unspecified atom stereocenters. The van der Waals surface area contributed by atoms with E-state index < -0.39 is 5.69 Å². The van der Waals surface area contributed by atoms with Crippen molar-refractivity contribution in [3.8, 4) is 11.6 Å². The van der Waals surface area contributed by atoms with E-state index in [0.29, 0.717) is 29.0 Å². The Balaban J connectivity index is 1.34. The van der Waals surface area contributed by atoms with Gasteiger partial charge in [-0.2, -0.15) is 24.7 Å². The van der Waals surface area contributed by atoms with Gasteiger partial charge in [0.15, 0.2) is 5.65 Å². The number of aromatic hydroxyl groups is 1. The third-order valence-electron chi connectivity index (χ3n) is 5.41. The molecular weight excluding hydrogens is 436 g/mol. The van der Waals surface area contributed by atoms with Crippen molar-refractivity contribution in [2.24, 2.45) is 4.99 Å². The van der Waals surface area contributed by atoms with Crippen molar-refractivity contribution in [3.63, 3.8) is 0 Å². The van der Waals surface area contributed by atoms with E-state index in [2.05, 4.69) is 40.4 Å². The second kappa shape index (κ2) is 7.99. The minimum absolute atomic E-state index is 0.238. The fourth-order valence-corrected chi connectivity index (χ4v) is 3.53. The quantitative estimate of drug-likeness (QED) is 0.286. The van der Waals surface area contributed by atoms with Crippen molar-refractivity contribution < 1.29 is 5.11 Å². The Bertz CT molecular complexity index is 1640. The molecule has 1 aliphatic carbocycles. The maximum Gasteiger partial charge on any atom is 0.326 e. The number of benzene rings is 1. The number of rotatable bonds is 6. The predicted molar refractivity (Wildman–Crippen MR) is 122 cm³/mol. The molecule has 12 nitrogen and oxygen atoms in total. The van der Waals surface area contributed by atoms with Crippen molar-refractivity contribution in [1.29, 1.82) is 0 Å². The summed E-state index contributed by atoms with van der Waals surface area (Å²) in [4.78, 5) is 30.2. The first-order valence-electron chi connectivity index (χ1n) is 10.8. The van der Waals surface area contributed by atoms with E-state index in [1.165, 1.54) is 0 Å². The molecule has 0 bridgehead atoms. The van der Waals surface area contributed by atoms with Crippen LogP contribution in [0.25, 0.3) is 17.4 Å². The van der Waals surface area contributed by atoms with Crippen LogP contribution < -0.4 is 21.8 Å². The van der Waals surface area contributed by atoms with Gasteiger partial charge in [-0.25, -0.2) is 14.5 Å². The first-order chi connectivity index (χ1) is 16.6. The summed E-state index contributed by atoms with van der Waals surface area (Å²) in [6.07, 6.45) is 8.87. The number of anilines is 1. The molecular formula is C22H20N10O2. The van der Waals surface area contributed by atoms with Gasteiger partial charge in [-0.05, 0) is 42.7 Å². The van der Waals surface area contributed by atoms with Gasteiger partial charge in [-0.1, -0.05) is 12.1 Å². The Labute approximate surface area is 191 Å². The first kappa shape index (κ1) is 19.9. The van der Waals surface area contributed by atoms with Crippen molar-refractivity contribution in [2.45, 2.75) is 25.4 Å². The van der Waals surface area contributed by atoms with Gasteiger partial charge in [0.2, 0.25) is 11.8 Å². The van der Waals surface area contributed by atoms with Crippen LogP contribution in [0.15, 0.2) is 58.7 Å². The lowest BCUT2D eigenvalue weighted by atomic mass is 10.2. The first-order valence-corrected chi connectivity index (χ1v) is 10.8. The molecule has 1 fully saturated rings. The lowest BCUT2D eigenvalue weighted by Crippen LogP contribution is -2.24. The molecule has 34 heavy (non-hydrogen) atoms. The minimum Gasteiger partial charge on any atom is -0.493 e. The minimum atomic E-state index is -0.500. The normalized spacial score (nSPS) is 14.8. The number of aromatic amines is 2. The van der Waals surface area contributed by atoms with Crippen LogP contribution in [0.4, 0.5) is 5.95 Å². The Kier molecular flexibility index (Phi) is 4.68. The van der Waals surface area contributed by atoms with Gasteiger partial charge in [0.1, 0.15) is 5.69 Å². The van der Waals surface area contributed by atoms with E-state index in [1.807, 2.05) is 36.5 Å². The highest BCUT2D eigenvalue weighted by Crippen LogP contribution is 2.22. The maximum atomic E-state index is 11.5. The van der Waals surface area contributed by atoms with Crippen LogP contribution in [0.5, 0.6) is 5.88 Å². The summed E-state index contributed by atoms with van der Waals surface area (Å²) in [5.74, 6) is 0.156. The lowest BCUT2D eigenvalue weighted by Gasteiger charge is -2.07. The van der Waals surface area contributed by atoms with E-state index in [4.69, 9.17) is 0 Å². The van der Waals surface area contributed by atoms with Crippen LogP contribution in [0.1, 0.15) is 24.1 Å². The fraction of sp³-hybridized carbons (Fsp3) is 0.182. The van der Waals surface area contributed by atoms with Gasteiger partial charge >= 0.3 is 5.69 Å². The molecule has 5 aromatic rings. The highest BCUT2D eigenvalue weighted by molar-refractivity contribution is 5.57. The molecule has 4 N–H and O–H groups in total. The Morgan fingerprint density at radius 3 is 2.74 bits per heavy atom. The fourth-order valence-electron chi connectivity index (χ4n) is 3.53. The van der Waals surface area contributed by atoms with E-state index in [-0.39, 0.29) is 17.6 Å². The molecule has 4 heterocycles. The standard InChI is InChI=1S/C22H20N10O2/c33-19-17(27-22(34)29-19)10-14-12-25-32-18(14)28-20(30-21(32)26-15-4-5-15)23-11-13-2-6-16(7-3-13)31-9-1-8-24-31/h1-3,6-10,12,15,33H,4-5,11H2,(H,23,26,30)(H2,27,29,34). The molecule has 0 aliphatic heterocycles. The molecule has 0 spiro atoms. The molecule has 0 amide bonds. The molecule has 6 rings (SSSR count). The van der Waals surface area contributed by atoms with Gasteiger partial charge in [0.25, 0.3) is 5.62 Å². The second-order valence-corrected chi connectivity index (χ2v) is 8.00. The topological polar surface area (TPSA) is 154 Å². The Morgan fingerprint density at radius 1 is 1.18 bits per heavy atom. The van der Waals surface area contributed by atoms with Crippen molar-refractivity contribution in [2.75, 3.05) is 5.32 Å². The molecule has 1 aromatic carbocycles. The molecule has 1 saturated carbocycles. The van der Waals surface area contributed by atoms with Crippen LogP contribution in [0.2, 0.25) is 0 Å².